The summed E-state index contributed by atoms with van der Waals surface area (Å²) in [6.07, 6.45) is 3.22. The number of hydrogen-bond acceptors (Lipinski definition) is 3. The first kappa shape index (κ1) is 15.8. The molecule has 1 aliphatic rings. The van der Waals surface area contributed by atoms with Gasteiger partial charge in [-0.25, -0.2) is 9.59 Å². The third-order valence-corrected chi connectivity index (χ3v) is 3.46. The summed E-state index contributed by atoms with van der Waals surface area (Å²) < 4.78 is 0. The quantitative estimate of drug-likeness (QED) is 0.808. The van der Waals surface area contributed by atoms with Crippen molar-refractivity contribution in [3.63, 3.8) is 0 Å². The van der Waals surface area contributed by atoms with Gasteiger partial charge < -0.3 is 19.8 Å². The fraction of sp³-hybridized carbons (Fsp3) is 0.846. The second kappa shape index (κ2) is 7.33. The Morgan fingerprint density at radius 3 is 2.47 bits per heavy atom. The van der Waals surface area contributed by atoms with Crippen molar-refractivity contribution < 1.29 is 14.7 Å². The smallest absolute Gasteiger partial charge is 0.326 e. The Kier molecular flexibility index (Phi) is 6.08. The summed E-state index contributed by atoms with van der Waals surface area (Å²) in [4.78, 5) is 28.6. The van der Waals surface area contributed by atoms with Gasteiger partial charge in [0.05, 0.1) is 0 Å². The third kappa shape index (κ3) is 4.70. The SMILES string of the molecule is CN(C)CCCN(C)C(=O)N1CCCCC1C(=O)O. The van der Waals surface area contributed by atoms with Crippen LogP contribution in [0.3, 0.4) is 0 Å². The van der Waals surface area contributed by atoms with Crippen LogP contribution in [0.2, 0.25) is 0 Å². The lowest BCUT2D eigenvalue weighted by atomic mass is 10.0. The fourth-order valence-corrected chi connectivity index (χ4v) is 2.36. The highest BCUT2D eigenvalue weighted by Crippen LogP contribution is 2.18. The maximum atomic E-state index is 12.3. The van der Waals surface area contributed by atoms with Crippen LogP contribution in [-0.4, -0.2) is 78.6 Å². The minimum Gasteiger partial charge on any atom is -0.480 e. The van der Waals surface area contributed by atoms with Crippen LogP contribution in [0.1, 0.15) is 25.7 Å². The van der Waals surface area contributed by atoms with E-state index in [0.717, 1.165) is 25.8 Å². The number of carbonyl (C=O) groups is 2. The van der Waals surface area contributed by atoms with Gasteiger partial charge in [0.15, 0.2) is 0 Å². The standard InChI is InChI=1S/C13H25N3O3/c1-14(2)8-6-9-15(3)13(19)16-10-5-4-7-11(16)12(17)18/h11H,4-10H2,1-3H3,(H,17,18). The lowest BCUT2D eigenvalue weighted by molar-refractivity contribution is -0.143. The number of carbonyl (C=O) groups excluding carboxylic acids is 1. The third-order valence-electron chi connectivity index (χ3n) is 3.46. The number of nitrogens with zero attached hydrogens (tertiary/aromatic N) is 3. The summed E-state index contributed by atoms with van der Waals surface area (Å²) in [5.41, 5.74) is 0. The number of amides is 2. The molecule has 0 aliphatic carbocycles. The zero-order valence-electron chi connectivity index (χ0n) is 12.1. The molecule has 2 amide bonds. The molecule has 1 N–H and O–H groups in total. The Morgan fingerprint density at radius 2 is 1.89 bits per heavy atom. The van der Waals surface area contributed by atoms with E-state index >= 15 is 0 Å². The van der Waals surface area contributed by atoms with E-state index in [4.69, 9.17) is 5.11 Å². The largest absolute Gasteiger partial charge is 0.480 e. The summed E-state index contributed by atoms with van der Waals surface area (Å²) in [6.45, 7) is 2.12. The molecule has 1 heterocycles. The average molecular weight is 271 g/mol. The predicted molar refractivity (Wildman–Crippen MR) is 73.2 cm³/mol. The van der Waals surface area contributed by atoms with Gasteiger partial charge in [-0.2, -0.15) is 0 Å². The van der Waals surface area contributed by atoms with Crippen LogP contribution in [-0.2, 0) is 4.79 Å². The Labute approximate surface area is 115 Å². The normalized spacial score (nSPS) is 19.6. The molecule has 1 unspecified atom stereocenters. The van der Waals surface area contributed by atoms with Gasteiger partial charge in [-0.1, -0.05) is 0 Å². The van der Waals surface area contributed by atoms with Gasteiger partial charge in [-0.05, 0) is 46.3 Å². The molecule has 0 aromatic carbocycles. The first-order chi connectivity index (χ1) is 8.93. The Morgan fingerprint density at radius 1 is 1.21 bits per heavy atom. The van der Waals surface area contributed by atoms with Crippen molar-refractivity contribution in [3.8, 4) is 0 Å². The van der Waals surface area contributed by atoms with Gasteiger partial charge >= 0.3 is 12.0 Å². The Balaban J connectivity index is 2.51. The predicted octanol–water partition coefficient (Wildman–Crippen LogP) is 0.929. The van der Waals surface area contributed by atoms with Crippen molar-refractivity contribution in [2.75, 3.05) is 40.8 Å². The van der Waals surface area contributed by atoms with Crippen LogP contribution in [0.4, 0.5) is 4.79 Å². The molecule has 0 radical (unpaired) electrons. The minimum atomic E-state index is -0.894. The molecule has 1 aliphatic heterocycles. The molecule has 110 valence electrons. The molecular weight excluding hydrogens is 246 g/mol. The molecule has 6 heteroatoms. The zero-order valence-corrected chi connectivity index (χ0v) is 12.1. The summed E-state index contributed by atoms with van der Waals surface area (Å²) >= 11 is 0. The van der Waals surface area contributed by atoms with E-state index in [0.29, 0.717) is 19.5 Å². The van der Waals surface area contributed by atoms with E-state index in [-0.39, 0.29) is 6.03 Å². The van der Waals surface area contributed by atoms with Crippen LogP contribution >= 0.6 is 0 Å². The van der Waals surface area contributed by atoms with Crippen molar-refractivity contribution in [2.45, 2.75) is 31.7 Å². The summed E-state index contributed by atoms with van der Waals surface area (Å²) in [5.74, 6) is -0.894. The van der Waals surface area contributed by atoms with Crippen molar-refractivity contribution in [2.24, 2.45) is 0 Å². The van der Waals surface area contributed by atoms with Gasteiger partial charge in [-0.15, -0.1) is 0 Å². The van der Waals surface area contributed by atoms with Crippen molar-refractivity contribution in [3.05, 3.63) is 0 Å². The number of carboxylic acids is 1. The number of aliphatic carboxylic acids is 1. The molecule has 0 bridgehead atoms. The van der Waals surface area contributed by atoms with Gasteiger partial charge in [0.2, 0.25) is 0 Å². The van der Waals surface area contributed by atoms with E-state index in [1.807, 2.05) is 14.1 Å². The molecule has 1 atom stereocenters. The second-order valence-corrected chi connectivity index (χ2v) is 5.40. The number of piperidine rings is 1. The maximum absolute atomic E-state index is 12.3. The highest BCUT2D eigenvalue weighted by Gasteiger charge is 2.33. The molecular formula is C13H25N3O3. The molecule has 1 saturated heterocycles. The van der Waals surface area contributed by atoms with Crippen LogP contribution in [0.25, 0.3) is 0 Å². The van der Waals surface area contributed by atoms with E-state index in [2.05, 4.69) is 4.90 Å². The molecule has 0 aromatic rings. The lowest BCUT2D eigenvalue weighted by Crippen LogP contribution is -2.52. The van der Waals surface area contributed by atoms with Gasteiger partial charge in [-0.3, -0.25) is 0 Å². The maximum Gasteiger partial charge on any atom is 0.326 e. The average Bonchev–Trinajstić information content (AvgIpc) is 2.37. The van der Waals surface area contributed by atoms with Gasteiger partial charge in [0.1, 0.15) is 6.04 Å². The first-order valence-electron chi connectivity index (χ1n) is 6.82. The second-order valence-electron chi connectivity index (χ2n) is 5.40. The van der Waals surface area contributed by atoms with E-state index in [1.165, 1.54) is 4.90 Å². The first-order valence-corrected chi connectivity index (χ1v) is 6.82. The minimum absolute atomic E-state index is 0.161. The van der Waals surface area contributed by atoms with Gasteiger partial charge in [0, 0.05) is 20.1 Å². The van der Waals surface area contributed by atoms with Crippen LogP contribution in [0.15, 0.2) is 0 Å². The van der Waals surface area contributed by atoms with Crippen molar-refractivity contribution in [1.82, 2.24) is 14.7 Å². The van der Waals surface area contributed by atoms with E-state index < -0.39 is 12.0 Å². The monoisotopic (exact) mass is 271 g/mol. The molecule has 1 rings (SSSR count). The van der Waals surface area contributed by atoms with Gasteiger partial charge in [0.25, 0.3) is 0 Å². The molecule has 0 spiro atoms. The molecule has 6 nitrogen and oxygen atoms in total. The van der Waals surface area contributed by atoms with Crippen molar-refractivity contribution >= 4 is 12.0 Å². The number of likely N-dealkylation sites (tertiary alicyclic amines) is 1. The number of hydrogen-bond donors (Lipinski definition) is 1. The van der Waals surface area contributed by atoms with E-state index in [9.17, 15) is 9.59 Å². The summed E-state index contributed by atoms with van der Waals surface area (Å²) in [5, 5.41) is 9.17. The molecule has 1 fully saturated rings. The van der Waals surface area contributed by atoms with Crippen LogP contribution in [0.5, 0.6) is 0 Å². The van der Waals surface area contributed by atoms with E-state index in [1.54, 1.807) is 11.9 Å². The van der Waals surface area contributed by atoms with Crippen LogP contribution < -0.4 is 0 Å². The Bertz CT molecular complexity index is 320. The van der Waals surface area contributed by atoms with Crippen molar-refractivity contribution in [1.29, 1.82) is 0 Å². The summed E-state index contributed by atoms with van der Waals surface area (Å²) in [6, 6.07) is -0.816. The molecule has 0 saturated carbocycles. The number of carboxylic acid groups (broad SMARTS) is 1. The zero-order chi connectivity index (χ0) is 14.4. The number of rotatable bonds is 5. The molecule has 19 heavy (non-hydrogen) atoms. The highest BCUT2D eigenvalue weighted by atomic mass is 16.4. The van der Waals surface area contributed by atoms with Crippen LogP contribution in [0, 0.1) is 0 Å². The molecule has 0 aromatic heterocycles. The highest BCUT2D eigenvalue weighted by molar-refractivity contribution is 5.82. The number of urea groups is 1. The lowest BCUT2D eigenvalue weighted by Gasteiger charge is -2.35. The Hall–Kier alpha value is -1.30. The fourth-order valence-electron chi connectivity index (χ4n) is 2.36. The topological polar surface area (TPSA) is 64.1 Å². The summed E-state index contributed by atoms with van der Waals surface area (Å²) in [7, 11) is 5.73.